The third-order valence-electron chi connectivity index (χ3n) is 5.00. The van der Waals surface area contributed by atoms with Gasteiger partial charge in [-0.3, -0.25) is 19.4 Å². The number of nitrogens with two attached hydrogens (primary N) is 1. The summed E-state index contributed by atoms with van der Waals surface area (Å²) in [6, 6.07) is 14.7. The van der Waals surface area contributed by atoms with E-state index in [9.17, 15) is 14.4 Å². The zero-order chi connectivity index (χ0) is 22.0. The predicted molar refractivity (Wildman–Crippen MR) is 122 cm³/mol. The largest absolute Gasteiger partial charge is 0.382 e. The molecule has 1 aliphatic rings. The van der Waals surface area contributed by atoms with Gasteiger partial charge < -0.3 is 16.0 Å². The number of fused-ring (bicyclic) bond motifs is 1. The van der Waals surface area contributed by atoms with Crippen LogP contribution >= 0.6 is 11.8 Å². The van der Waals surface area contributed by atoms with Crippen LogP contribution in [0.4, 0.5) is 17.2 Å². The summed E-state index contributed by atoms with van der Waals surface area (Å²) in [6.07, 6.45) is 0.823. The summed E-state index contributed by atoms with van der Waals surface area (Å²) in [5, 5.41) is 2.73. The van der Waals surface area contributed by atoms with E-state index >= 15 is 0 Å². The van der Waals surface area contributed by atoms with E-state index in [1.165, 1.54) is 0 Å². The number of nitrogen functional groups attached to an aromatic ring is 1. The maximum atomic E-state index is 12.6. The van der Waals surface area contributed by atoms with Gasteiger partial charge >= 0.3 is 0 Å². The van der Waals surface area contributed by atoms with Gasteiger partial charge in [-0.05, 0) is 37.1 Å². The van der Waals surface area contributed by atoms with Crippen LogP contribution in [0.3, 0.4) is 0 Å². The van der Waals surface area contributed by atoms with E-state index < -0.39 is 11.5 Å². The van der Waals surface area contributed by atoms with Crippen LogP contribution < -0.4 is 21.5 Å². The lowest BCUT2D eigenvalue weighted by molar-refractivity contribution is -0.116. The van der Waals surface area contributed by atoms with Gasteiger partial charge in [0.1, 0.15) is 5.69 Å². The Balaban J connectivity index is 1.43. The fourth-order valence-corrected chi connectivity index (χ4v) is 4.10. The molecule has 9 heteroatoms. The average Bonchev–Trinajstić information content (AvgIpc) is 3.19. The van der Waals surface area contributed by atoms with Gasteiger partial charge in [-0.25, -0.2) is 4.98 Å². The third-order valence-corrected chi connectivity index (χ3v) is 5.86. The van der Waals surface area contributed by atoms with Gasteiger partial charge in [-0.2, -0.15) is 0 Å². The molecule has 0 spiro atoms. The highest BCUT2D eigenvalue weighted by atomic mass is 32.2. The molecule has 158 valence electrons. The Hall–Kier alpha value is -3.59. The van der Waals surface area contributed by atoms with Gasteiger partial charge in [-0.15, -0.1) is 0 Å². The lowest BCUT2D eigenvalue weighted by Gasteiger charge is -2.17. The Morgan fingerprint density at radius 2 is 1.94 bits per heavy atom. The standard InChI is InChI=1S/C22H21N5O3S/c1-13-6-8-15(9-7-13)20(29)24-18-19(23)25-22(26-21(18)30)31-12-17(28)27-11-10-14-4-2-3-5-16(14)27/h2-9H,10-12H2,1H3,(H,24,29)(H3,23,25,26,30). The molecular formula is C22H21N5O3S. The molecule has 0 saturated carbocycles. The second-order valence-electron chi connectivity index (χ2n) is 7.16. The highest BCUT2D eigenvalue weighted by Crippen LogP contribution is 2.28. The van der Waals surface area contributed by atoms with Crippen LogP contribution in [0, 0.1) is 6.92 Å². The number of rotatable bonds is 5. The highest BCUT2D eigenvalue weighted by Gasteiger charge is 2.24. The molecule has 8 nitrogen and oxygen atoms in total. The summed E-state index contributed by atoms with van der Waals surface area (Å²) in [5.41, 5.74) is 8.70. The molecule has 0 unspecified atom stereocenters. The molecule has 0 atom stereocenters. The smallest absolute Gasteiger partial charge is 0.277 e. The van der Waals surface area contributed by atoms with Crippen molar-refractivity contribution in [3.05, 3.63) is 75.6 Å². The molecule has 0 aliphatic carbocycles. The second kappa shape index (κ2) is 8.65. The van der Waals surface area contributed by atoms with Gasteiger partial charge in [0.15, 0.2) is 11.0 Å². The number of nitrogens with one attached hydrogen (secondary N) is 2. The predicted octanol–water partition coefficient (Wildman–Crippen LogP) is 2.59. The summed E-state index contributed by atoms with van der Waals surface area (Å²) < 4.78 is 0. The number of hydrogen-bond acceptors (Lipinski definition) is 6. The van der Waals surface area contributed by atoms with Crippen LogP contribution in [0.15, 0.2) is 58.5 Å². The van der Waals surface area contributed by atoms with Gasteiger partial charge in [0.25, 0.3) is 11.5 Å². The zero-order valence-corrected chi connectivity index (χ0v) is 17.7. The first-order chi connectivity index (χ1) is 14.9. The summed E-state index contributed by atoms with van der Waals surface area (Å²) in [4.78, 5) is 45.9. The molecule has 0 bridgehead atoms. The van der Waals surface area contributed by atoms with Crippen LogP contribution in [0.1, 0.15) is 21.5 Å². The van der Waals surface area contributed by atoms with Crippen LogP contribution in [0.5, 0.6) is 0 Å². The first-order valence-electron chi connectivity index (χ1n) is 9.71. The maximum absolute atomic E-state index is 12.6. The minimum atomic E-state index is -0.575. The number of benzene rings is 2. The Morgan fingerprint density at radius 1 is 1.19 bits per heavy atom. The van der Waals surface area contributed by atoms with Crippen LogP contribution in [-0.4, -0.2) is 34.1 Å². The number of hydrogen-bond donors (Lipinski definition) is 3. The number of amides is 2. The fraction of sp³-hybridized carbons (Fsp3) is 0.182. The molecule has 2 heterocycles. The van der Waals surface area contributed by atoms with Gasteiger partial charge in [0.2, 0.25) is 5.91 Å². The number of aromatic amines is 1. The lowest BCUT2D eigenvalue weighted by Crippen LogP contribution is -2.30. The summed E-state index contributed by atoms with van der Waals surface area (Å²) >= 11 is 1.09. The van der Waals surface area contributed by atoms with Crippen LogP contribution in [-0.2, 0) is 11.2 Å². The second-order valence-corrected chi connectivity index (χ2v) is 8.13. The van der Waals surface area contributed by atoms with E-state index in [1.54, 1.807) is 29.2 Å². The monoisotopic (exact) mass is 435 g/mol. The molecule has 4 N–H and O–H groups in total. The Labute approximate surface area is 182 Å². The number of aryl methyl sites for hydroxylation is 1. The Morgan fingerprint density at radius 3 is 2.68 bits per heavy atom. The number of para-hydroxylation sites is 1. The van der Waals surface area contributed by atoms with Crippen LogP contribution in [0.2, 0.25) is 0 Å². The normalized spacial score (nSPS) is 12.5. The molecule has 0 saturated heterocycles. The van der Waals surface area contributed by atoms with Crippen molar-refractivity contribution in [1.82, 2.24) is 9.97 Å². The topological polar surface area (TPSA) is 121 Å². The number of thioether (sulfide) groups is 1. The van der Waals surface area contributed by atoms with E-state index in [0.717, 1.165) is 35.0 Å². The van der Waals surface area contributed by atoms with Crippen molar-refractivity contribution in [2.24, 2.45) is 0 Å². The minimum Gasteiger partial charge on any atom is -0.382 e. The number of H-pyrrole nitrogens is 1. The summed E-state index contributed by atoms with van der Waals surface area (Å²) in [6.45, 7) is 2.55. The van der Waals surface area contributed by atoms with E-state index in [0.29, 0.717) is 12.1 Å². The van der Waals surface area contributed by atoms with Gasteiger partial charge in [0.05, 0.1) is 5.75 Å². The molecule has 31 heavy (non-hydrogen) atoms. The Kier molecular flexibility index (Phi) is 5.77. The van der Waals surface area contributed by atoms with Crippen LogP contribution in [0.25, 0.3) is 0 Å². The van der Waals surface area contributed by atoms with Crippen molar-refractivity contribution in [3.8, 4) is 0 Å². The van der Waals surface area contributed by atoms with E-state index in [1.807, 2.05) is 31.2 Å². The minimum absolute atomic E-state index is 0.0760. The molecule has 0 radical (unpaired) electrons. The summed E-state index contributed by atoms with van der Waals surface area (Å²) in [7, 11) is 0. The number of anilines is 3. The van der Waals surface area contributed by atoms with E-state index in [2.05, 4.69) is 15.3 Å². The average molecular weight is 436 g/mol. The third kappa shape index (κ3) is 4.46. The number of aromatic nitrogens is 2. The first-order valence-corrected chi connectivity index (χ1v) is 10.7. The number of carbonyl (C=O) groups is 2. The lowest BCUT2D eigenvalue weighted by atomic mass is 10.1. The van der Waals surface area contributed by atoms with Crippen molar-refractivity contribution in [2.45, 2.75) is 18.5 Å². The van der Waals surface area contributed by atoms with Gasteiger partial charge in [-0.1, -0.05) is 47.7 Å². The van der Waals surface area contributed by atoms with Crippen molar-refractivity contribution >= 4 is 40.8 Å². The zero-order valence-electron chi connectivity index (χ0n) is 16.8. The SMILES string of the molecule is Cc1ccc(C(=O)Nc2c(N)nc(SCC(=O)N3CCc4ccccc43)[nH]c2=O)cc1. The first kappa shape index (κ1) is 20.7. The number of nitrogens with zero attached hydrogens (tertiary/aromatic N) is 2. The van der Waals surface area contributed by atoms with E-state index in [-0.39, 0.29) is 28.3 Å². The molecule has 2 amide bonds. The molecule has 3 aromatic rings. The molecular weight excluding hydrogens is 414 g/mol. The van der Waals surface area contributed by atoms with Crippen molar-refractivity contribution in [2.75, 3.05) is 28.2 Å². The maximum Gasteiger partial charge on any atom is 0.277 e. The molecule has 2 aromatic carbocycles. The fourth-order valence-electron chi connectivity index (χ4n) is 3.35. The number of carbonyl (C=O) groups excluding carboxylic acids is 2. The quantitative estimate of drug-likeness (QED) is 0.418. The van der Waals surface area contributed by atoms with Crippen molar-refractivity contribution in [1.29, 1.82) is 0 Å². The highest BCUT2D eigenvalue weighted by molar-refractivity contribution is 7.99. The van der Waals surface area contributed by atoms with Crippen molar-refractivity contribution < 1.29 is 9.59 Å². The molecule has 1 aliphatic heterocycles. The van der Waals surface area contributed by atoms with Crippen molar-refractivity contribution in [3.63, 3.8) is 0 Å². The molecule has 1 aromatic heterocycles. The van der Waals surface area contributed by atoms with E-state index in [4.69, 9.17) is 5.73 Å². The van der Waals surface area contributed by atoms with Gasteiger partial charge in [0, 0.05) is 17.8 Å². The summed E-state index contributed by atoms with van der Waals surface area (Å²) in [5.74, 6) is -0.535. The Bertz CT molecular complexity index is 1210. The molecule has 0 fully saturated rings. The molecule has 4 rings (SSSR count).